The van der Waals surface area contributed by atoms with E-state index in [9.17, 15) is 71.9 Å². The smallest absolute Gasteiger partial charge is 0.303 e. The maximum absolute atomic E-state index is 14.9. The van der Waals surface area contributed by atoms with Gasteiger partial charge in [-0.2, -0.15) is 0 Å². The zero-order chi connectivity index (χ0) is 89.4. The zero-order valence-corrected chi connectivity index (χ0v) is 71.4. The molecule has 3 saturated heterocycles. The molecule has 8 unspecified atom stereocenters. The van der Waals surface area contributed by atoms with Crippen molar-refractivity contribution in [3.8, 4) is 0 Å². The lowest BCUT2D eigenvalue weighted by Crippen LogP contribution is -2.66. The summed E-state index contributed by atoms with van der Waals surface area (Å²) < 4.78 is 85.9. The molecule has 3 aromatic rings. The minimum atomic E-state index is -1.36. The van der Waals surface area contributed by atoms with Crippen LogP contribution in [0.5, 0.6) is 0 Å². The molecule has 37 nitrogen and oxygen atoms in total. The third kappa shape index (κ3) is 33.3. The second kappa shape index (κ2) is 52.0. The molecule has 5 N–H and O–H groups in total. The predicted octanol–water partition coefficient (Wildman–Crippen LogP) is 4.04. The third-order valence-corrected chi connectivity index (χ3v) is 19.6. The fourth-order valence-electron chi connectivity index (χ4n) is 14.7. The normalized spacial score (nSPS) is 22.4. The summed E-state index contributed by atoms with van der Waals surface area (Å²) in [5.74, 6) is -9.09. The van der Waals surface area contributed by atoms with Gasteiger partial charge in [0.15, 0.2) is 55.5 Å². The molecule has 3 aliphatic heterocycles. The van der Waals surface area contributed by atoms with Gasteiger partial charge in [0.25, 0.3) is 0 Å². The number of hydrogen-bond donors (Lipinski definition) is 5. The van der Waals surface area contributed by atoms with Crippen LogP contribution >= 0.6 is 0 Å². The van der Waals surface area contributed by atoms with E-state index in [0.29, 0.717) is 58.0 Å². The minimum Gasteiger partial charge on any atom is -0.463 e. The largest absolute Gasteiger partial charge is 0.463 e. The third-order valence-electron chi connectivity index (χ3n) is 19.6. The van der Waals surface area contributed by atoms with Crippen molar-refractivity contribution in [1.29, 1.82) is 0 Å². The molecule has 3 fully saturated rings. The van der Waals surface area contributed by atoms with E-state index in [4.69, 9.17) is 71.1 Å². The Kier molecular flexibility index (Phi) is 42.7. The molecule has 0 radical (unpaired) electrons. The van der Waals surface area contributed by atoms with Gasteiger partial charge in [-0.3, -0.25) is 76.8 Å². The molecule has 6 rings (SSSR count). The highest BCUT2D eigenvalue weighted by Gasteiger charge is 2.55. The standard InChI is InChI=1S/C85H119N7O30/c1-52(93)88-73-79(117-61(10)102)76(114-58(7)99)67(49-111-55(4)96)120-82(73)108-46-25-22-37-70(105)86-40-28-42-91(72(107)39-24-27-48-110-84-75(90-54(3)95)81(119-63(12)104)78(116-60(9)101)69(122-84)51-113-57(6)98)43-30-45-92(85(64-31-16-13-17-32-64,65-33-18-14-19-34-65)66-35-20-15-21-36-66)44-29-41-87-71(106)38-23-26-47-109-83-74(89-53(2)94)80(118-62(11)103)77(115-59(8)100)68(121-83)50-112-56(5)97/h13-21,31-36,67-69,73-84H,22-30,37-51H2,1-12H3,(H,86,105)(H,87,106)(H,88,93)(H,89,94)(H,90,95)/t67?,68?,69?,73-,74?,75?,76+,77+,78+,79?,80?,81?,82-,83-,84-/m1/s1. The second-order valence-corrected chi connectivity index (χ2v) is 29.6. The average molecular weight is 1720 g/mol. The summed E-state index contributed by atoms with van der Waals surface area (Å²) in [5, 5.41) is 14.1. The van der Waals surface area contributed by atoms with Crippen molar-refractivity contribution in [2.45, 2.75) is 258 Å². The summed E-state index contributed by atoms with van der Waals surface area (Å²) in [6, 6.07) is 26.4. The van der Waals surface area contributed by atoms with E-state index in [1.54, 1.807) is 4.90 Å². The minimum absolute atomic E-state index is 0.00454. The molecule has 37 heteroatoms. The van der Waals surface area contributed by atoms with Crippen LogP contribution in [0.25, 0.3) is 0 Å². The highest BCUT2D eigenvalue weighted by Crippen LogP contribution is 2.43. The van der Waals surface area contributed by atoms with Gasteiger partial charge in [-0.1, -0.05) is 91.0 Å². The number of nitrogens with one attached hydrogen (secondary N) is 5. The van der Waals surface area contributed by atoms with Gasteiger partial charge in [0.05, 0.1) is 5.54 Å². The van der Waals surface area contributed by atoms with Gasteiger partial charge in [0, 0.05) is 161 Å². The van der Waals surface area contributed by atoms with E-state index in [1.807, 2.05) is 54.6 Å². The van der Waals surface area contributed by atoms with Crippen LogP contribution in [-0.2, 0) is 149 Å². The molecule has 0 bridgehead atoms. The molecule has 6 amide bonds. The molecule has 0 aliphatic carbocycles. The second-order valence-electron chi connectivity index (χ2n) is 29.6. The van der Waals surface area contributed by atoms with Crippen LogP contribution in [0.1, 0.15) is 177 Å². The lowest BCUT2D eigenvalue weighted by atomic mass is 9.75. The first-order valence-corrected chi connectivity index (χ1v) is 41.0. The van der Waals surface area contributed by atoms with Gasteiger partial charge in [-0.15, -0.1) is 0 Å². The Bertz CT molecular complexity index is 3820. The Balaban J connectivity index is 1.20. The predicted molar refractivity (Wildman–Crippen MR) is 429 cm³/mol. The van der Waals surface area contributed by atoms with Gasteiger partial charge in [0.2, 0.25) is 35.4 Å². The van der Waals surface area contributed by atoms with Crippen molar-refractivity contribution < 1.29 is 143 Å². The van der Waals surface area contributed by atoms with Crippen LogP contribution in [-0.4, -0.2) is 270 Å². The van der Waals surface area contributed by atoms with Gasteiger partial charge >= 0.3 is 53.7 Å². The van der Waals surface area contributed by atoms with Gasteiger partial charge in [-0.25, -0.2) is 0 Å². The number of carbonyl (C=O) groups excluding carboxylic acids is 15. The van der Waals surface area contributed by atoms with E-state index in [2.05, 4.69) is 67.9 Å². The monoisotopic (exact) mass is 1720 g/mol. The summed E-state index contributed by atoms with van der Waals surface area (Å²) in [6.45, 7) is 14.2. The summed E-state index contributed by atoms with van der Waals surface area (Å²) in [7, 11) is 0. The molecule has 0 saturated carbocycles. The van der Waals surface area contributed by atoms with Crippen molar-refractivity contribution in [2.24, 2.45) is 0 Å². The topological polar surface area (TPSA) is 461 Å². The van der Waals surface area contributed by atoms with Crippen LogP contribution in [0, 0.1) is 0 Å². The maximum atomic E-state index is 14.9. The number of unbranched alkanes of at least 4 members (excludes halogenated alkanes) is 3. The zero-order valence-electron chi connectivity index (χ0n) is 71.4. The Labute approximate surface area is 709 Å². The number of nitrogens with zero attached hydrogens (tertiary/aromatic N) is 2. The number of rotatable bonds is 49. The lowest BCUT2D eigenvalue weighted by molar-refractivity contribution is -0.277. The van der Waals surface area contributed by atoms with Gasteiger partial charge in [-0.05, 0) is 74.5 Å². The van der Waals surface area contributed by atoms with E-state index in [1.165, 1.54) is 27.7 Å². The van der Waals surface area contributed by atoms with Crippen molar-refractivity contribution >= 4 is 89.2 Å². The number of carbonyl (C=O) groups is 15. The first-order chi connectivity index (χ1) is 58.2. The molecule has 3 aromatic carbocycles. The van der Waals surface area contributed by atoms with Crippen LogP contribution < -0.4 is 26.6 Å². The van der Waals surface area contributed by atoms with E-state index < -0.39 is 189 Å². The molecule has 0 aromatic heterocycles. The summed E-state index contributed by atoms with van der Waals surface area (Å²) in [4.78, 5) is 194. The summed E-state index contributed by atoms with van der Waals surface area (Å²) in [5.41, 5.74) is 1.86. The number of ether oxygens (including phenoxy) is 15. The summed E-state index contributed by atoms with van der Waals surface area (Å²) in [6.07, 6.45) is -12.4. The molecule has 0 spiro atoms. The van der Waals surface area contributed by atoms with Crippen LogP contribution in [0.15, 0.2) is 91.0 Å². The number of esters is 9. The number of amides is 6. The quantitative estimate of drug-likeness (QED) is 0.0230. The molecule has 674 valence electrons. The molecule has 122 heavy (non-hydrogen) atoms. The first-order valence-electron chi connectivity index (χ1n) is 41.0. The molecular formula is C85H119N7O30. The molecular weight excluding hydrogens is 1600 g/mol. The van der Waals surface area contributed by atoms with E-state index >= 15 is 0 Å². The highest BCUT2D eigenvalue weighted by atomic mass is 16.7. The summed E-state index contributed by atoms with van der Waals surface area (Å²) >= 11 is 0. The van der Waals surface area contributed by atoms with Crippen LogP contribution in [0.2, 0.25) is 0 Å². The van der Waals surface area contributed by atoms with Crippen molar-refractivity contribution in [2.75, 3.05) is 78.9 Å². The van der Waals surface area contributed by atoms with E-state index in [-0.39, 0.29) is 95.8 Å². The maximum Gasteiger partial charge on any atom is 0.303 e. The highest BCUT2D eigenvalue weighted by molar-refractivity contribution is 5.78. The first kappa shape index (κ1) is 100. The van der Waals surface area contributed by atoms with Crippen molar-refractivity contribution in [1.82, 2.24) is 36.4 Å². The van der Waals surface area contributed by atoms with Crippen LogP contribution in [0.4, 0.5) is 0 Å². The van der Waals surface area contributed by atoms with Gasteiger partial charge in [0.1, 0.15) is 56.3 Å². The Hall–Kier alpha value is -10.6. The fourth-order valence-corrected chi connectivity index (χ4v) is 14.7. The van der Waals surface area contributed by atoms with Crippen molar-refractivity contribution in [3.05, 3.63) is 108 Å². The number of benzene rings is 3. The SMILES string of the molecule is CC(=O)NC1C(OC(C)=O)[C@@H](OC(C)=O)C(COC(C)=O)O[C@H]1OCCCCC(=O)NCCCN(CCCN(CCCNC(=O)CCCCO[C@@H]1OC(COC(C)=O)[C@H](OC(C)=O)C(OC(C)=O)[C@H]1NC(C)=O)C(=O)CCCCO[C@@H]1OC(COC(C)=O)[C@H](OC(C)=O)C(OC(C)=O)C1NC(C)=O)C(c1ccccc1)(c1ccccc1)c1ccccc1. The number of hydrogen-bond acceptors (Lipinski definition) is 31. The Morgan fingerprint density at radius 3 is 0.902 bits per heavy atom. The Morgan fingerprint density at radius 1 is 0.328 bits per heavy atom. The van der Waals surface area contributed by atoms with Crippen LogP contribution in [0.3, 0.4) is 0 Å². The van der Waals surface area contributed by atoms with Gasteiger partial charge < -0.3 is 103 Å². The van der Waals surface area contributed by atoms with E-state index in [0.717, 1.165) is 72.1 Å². The molecule has 3 heterocycles. The lowest BCUT2D eigenvalue weighted by Gasteiger charge is -2.46. The van der Waals surface area contributed by atoms with Crippen molar-refractivity contribution in [3.63, 3.8) is 0 Å². The Morgan fingerprint density at radius 2 is 0.607 bits per heavy atom. The molecule has 15 atom stereocenters. The average Bonchev–Trinajstić information content (AvgIpc) is 0.737. The molecule has 3 aliphatic rings. The fraction of sp³-hybridized carbons (Fsp3) is 0.612.